The van der Waals surface area contributed by atoms with Gasteiger partial charge in [-0.3, -0.25) is 4.79 Å². The lowest BCUT2D eigenvalue weighted by Gasteiger charge is -2.06. The Morgan fingerprint density at radius 1 is 1.44 bits per heavy atom. The van der Waals surface area contributed by atoms with Crippen molar-refractivity contribution < 1.29 is 4.79 Å². The number of hydrogen-bond acceptors (Lipinski definition) is 3. The molecule has 0 aliphatic rings. The molecular weight excluding hydrogens is 218 g/mol. The summed E-state index contributed by atoms with van der Waals surface area (Å²) >= 11 is 1.69. The second-order valence-electron chi connectivity index (χ2n) is 4.04. The molecule has 1 atom stereocenters. The van der Waals surface area contributed by atoms with Crippen molar-refractivity contribution in [1.82, 2.24) is 0 Å². The molecule has 2 aromatic rings. The van der Waals surface area contributed by atoms with E-state index in [1.54, 1.807) is 11.3 Å². The van der Waals surface area contributed by atoms with Gasteiger partial charge in [0.25, 0.3) is 0 Å². The van der Waals surface area contributed by atoms with Crippen LogP contribution in [0, 0.1) is 5.92 Å². The van der Waals surface area contributed by atoms with Crippen molar-refractivity contribution in [3.8, 4) is 0 Å². The number of thiophene rings is 1. The van der Waals surface area contributed by atoms with Gasteiger partial charge in [0, 0.05) is 23.6 Å². The third-order valence-corrected chi connectivity index (χ3v) is 3.84. The van der Waals surface area contributed by atoms with E-state index in [0.717, 1.165) is 5.56 Å². The standard InChI is InChI=1S/C13H15NOS/c1-9(7-14)12(15)6-10-8-16-13-5-3-2-4-11(10)13/h2-5,8-9H,6-7,14H2,1H3. The fourth-order valence-electron chi connectivity index (χ4n) is 1.66. The number of hydrogen-bond donors (Lipinski definition) is 1. The summed E-state index contributed by atoms with van der Waals surface area (Å²) in [7, 11) is 0. The molecule has 0 radical (unpaired) electrons. The molecule has 3 heteroatoms. The predicted octanol–water partition coefficient (Wildman–Crippen LogP) is 2.61. The number of rotatable bonds is 4. The lowest BCUT2D eigenvalue weighted by molar-refractivity contribution is -0.121. The summed E-state index contributed by atoms with van der Waals surface area (Å²) in [5.41, 5.74) is 6.63. The van der Waals surface area contributed by atoms with E-state index in [4.69, 9.17) is 5.73 Å². The number of nitrogens with two attached hydrogens (primary N) is 1. The Kier molecular flexibility index (Phi) is 3.36. The SMILES string of the molecule is CC(CN)C(=O)Cc1csc2ccccc12. The van der Waals surface area contributed by atoms with E-state index in [0.29, 0.717) is 13.0 Å². The average molecular weight is 233 g/mol. The molecule has 1 heterocycles. The maximum absolute atomic E-state index is 11.8. The van der Waals surface area contributed by atoms with Gasteiger partial charge in [-0.15, -0.1) is 11.3 Å². The van der Waals surface area contributed by atoms with Crippen LogP contribution >= 0.6 is 11.3 Å². The van der Waals surface area contributed by atoms with Gasteiger partial charge in [-0.2, -0.15) is 0 Å². The van der Waals surface area contributed by atoms with Crippen LogP contribution in [0.3, 0.4) is 0 Å². The predicted molar refractivity (Wildman–Crippen MR) is 68.8 cm³/mol. The quantitative estimate of drug-likeness (QED) is 0.882. The van der Waals surface area contributed by atoms with Crippen LogP contribution in [0.15, 0.2) is 29.6 Å². The molecule has 0 fully saturated rings. The summed E-state index contributed by atoms with van der Waals surface area (Å²) in [6.45, 7) is 2.32. The van der Waals surface area contributed by atoms with Crippen molar-refractivity contribution in [3.05, 3.63) is 35.2 Å². The Morgan fingerprint density at radius 2 is 2.19 bits per heavy atom. The summed E-state index contributed by atoms with van der Waals surface area (Å²) in [4.78, 5) is 11.8. The molecule has 1 aromatic heterocycles. The first kappa shape index (κ1) is 11.3. The second kappa shape index (κ2) is 4.76. The Labute approximate surface area is 99.1 Å². The Bertz CT molecular complexity index is 503. The number of ketones is 1. The van der Waals surface area contributed by atoms with Crippen molar-refractivity contribution in [1.29, 1.82) is 0 Å². The van der Waals surface area contributed by atoms with Crippen molar-refractivity contribution in [2.24, 2.45) is 11.7 Å². The molecule has 84 valence electrons. The van der Waals surface area contributed by atoms with Crippen LogP contribution in [0.25, 0.3) is 10.1 Å². The maximum Gasteiger partial charge on any atom is 0.141 e. The molecule has 0 aliphatic heterocycles. The topological polar surface area (TPSA) is 43.1 Å². The first-order valence-corrected chi connectivity index (χ1v) is 6.28. The molecular formula is C13H15NOS. The van der Waals surface area contributed by atoms with Crippen LogP contribution in [-0.4, -0.2) is 12.3 Å². The smallest absolute Gasteiger partial charge is 0.141 e. The van der Waals surface area contributed by atoms with E-state index in [1.807, 2.05) is 19.1 Å². The van der Waals surface area contributed by atoms with E-state index < -0.39 is 0 Å². The van der Waals surface area contributed by atoms with Crippen LogP contribution in [0.5, 0.6) is 0 Å². The Hall–Kier alpha value is -1.19. The van der Waals surface area contributed by atoms with Crippen LogP contribution in [0.2, 0.25) is 0 Å². The first-order chi connectivity index (χ1) is 7.72. The minimum Gasteiger partial charge on any atom is -0.330 e. The fourth-order valence-corrected chi connectivity index (χ4v) is 2.63. The lowest BCUT2D eigenvalue weighted by atomic mass is 9.99. The normalized spacial score (nSPS) is 12.9. The molecule has 1 unspecified atom stereocenters. The second-order valence-corrected chi connectivity index (χ2v) is 4.95. The summed E-state index contributed by atoms with van der Waals surface area (Å²) < 4.78 is 1.24. The lowest BCUT2D eigenvalue weighted by Crippen LogP contribution is -2.21. The molecule has 2 nitrogen and oxygen atoms in total. The highest BCUT2D eigenvalue weighted by molar-refractivity contribution is 7.17. The van der Waals surface area contributed by atoms with Gasteiger partial charge in [0.15, 0.2) is 0 Å². The molecule has 2 rings (SSSR count). The van der Waals surface area contributed by atoms with Gasteiger partial charge < -0.3 is 5.73 Å². The maximum atomic E-state index is 11.8. The minimum atomic E-state index is -0.0429. The van der Waals surface area contributed by atoms with E-state index in [2.05, 4.69) is 17.5 Å². The summed E-state index contributed by atoms with van der Waals surface area (Å²) in [5, 5.41) is 3.27. The van der Waals surface area contributed by atoms with Gasteiger partial charge in [-0.1, -0.05) is 25.1 Å². The molecule has 0 amide bonds. The molecule has 2 N–H and O–H groups in total. The van der Waals surface area contributed by atoms with Crippen molar-refractivity contribution in [2.45, 2.75) is 13.3 Å². The van der Waals surface area contributed by atoms with Gasteiger partial charge in [0.05, 0.1) is 0 Å². The van der Waals surface area contributed by atoms with Crippen LogP contribution in [-0.2, 0) is 11.2 Å². The third kappa shape index (κ3) is 2.15. The van der Waals surface area contributed by atoms with Gasteiger partial charge in [-0.25, -0.2) is 0 Å². The van der Waals surface area contributed by atoms with Gasteiger partial charge >= 0.3 is 0 Å². The van der Waals surface area contributed by atoms with E-state index in [1.165, 1.54) is 10.1 Å². The molecule has 0 spiro atoms. The molecule has 0 bridgehead atoms. The highest BCUT2D eigenvalue weighted by atomic mass is 32.1. The number of benzene rings is 1. The fraction of sp³-hybridized carbons (Fsp3) is 0.308. The van der Waals surface area contributed by atoms with Crippen LogP contribution < -0.4 is 5.73 Å². The van der Waals surface area contributed by atoms with Crippen LogP contribution in [0.4, 0.5) is 0 Å². The number of carbonyl (C=O) groups excluding carboxylic acids is 1. The van der Waals surface area contributed by atoms with Gasteiger partial charge in [0.2, 0.25) is 0 Å². The third-order valence-electron chi connectivity index (χ3n) is 2.83. The number of Topliss-reactive ketones (excluding diaryl/α,β-unsaturated/α-hetero) is 1. The molecule has 0 saturated heterocycles. The zero-order chi connectivity index (χ0) is 11.5. The van der Waals surface area contributed by atoms with E-state index >= 15 is 0 Å². The average Bonchev–Trinajstić information content (AvgIpc) is 2.72. The zero-order valence-electron chi connectivity index (χ0n) is 9.27. The number of fused-ring (bicyclic) bond motifs is 1. The first-order valence-electron chi connectivity index (χ1n) is 5.40. The van der Waals surface area contributed by atoms with Crippen molar-refractivity contribution in [2.75, 3.05) is 6.54 Å². The van der Waals surface area contributed by atoms with E-state index in [9.17, 15) is 4.79 Å². The highest BCUT2D eigenvalue weighted by Gasteiger charge is 2.13. The van der Waals surface area contributed by atoms with Gasteiger partial charge in [0.1, 0.15) is 5.78 Å². The van der Waals surface area contributed by atoms with E-state index in [-0.39, 0.29) is 11.7 Å². The summed E-state index contributed by atoms with van der Waals surface area (Å²) in [6, 6.07) is 8.18. The summed E-state index contributed by atoms with van der Waals surface area (Å²) in [6.07, 6.45) is 0.502. The van der Waals surface area contributed by atoms with Gasteiger partial charge in [-0.05, 0) is 22.4 Å². The monoisotopic (exact) mass is 233 g/mol. The largest absolute Gasteiger partial charge is 0.330 e. The minimum absolute atomic E-state index is 0.0429. The molecule has 0 aliphatic carbocycles. The Balaban J connectivity index is 2.25. The summed E-state index contributed by atoms with van der Waals surface area (Å²) in [5.74, 6) is 0.185. The highest BCUT2D eigenvalue weighted by Crippen LogP contribution is 2.26. The Morgan fingerprint density at radius 3 is 2.94 bits per heavy atom. The molecule has 1 aromatic carbocycles. The molecule has 0 saturated carbocycles. The molecule has 16 heavy (non-hydrogen) atoms. The number of carbonyl (C=O) groups is 1. The zero-order valence-corrected chi connectivity index (χ0v) is 10.1. The van der Waals surface area contributed by atoms with Crippen molar-refractivity contribution >= 4 is 27.2 Å². The van der Waals surface area contributed by atoms with Crippen molar-refractivity contribution in [3.63, 3.8) is 0 Å². The van der Waals surface area contributed by atoms with Crippen LogP contribution in [0.1, 0.15) is 12.5 Å².